The molecule has 0 unspecified atom stereocenters. The van der Waals surface area contributed by atoms with E-state index in [2.05, 4.69) is 47.7 Å². The summed E-state index contributed by atoms with van der Waals surface area (Å²) < 4.78 is 0. The van der Waals surface area contributed by atoms with E-state index >= 15 is 0 Å². The topological polar surface area (TPSA) is 15.6 Å². The molecule has 1 aromatic rings. The zero-order valence-electron chi connectivity index (χ0n) is 8.72. The van der Waals surface area contributed by atoms with Gasteiger partial charge in [-0.2, -0.15) is 0 Å². The first kappa shape index (κ1) is 8.11. The Balaban J connectivity index is 2.01. The van der Waals surface area contributed by atoms with Gasteiger partial charge in [0.1, 0.15) is 0 Å². The third kappa shape index (κ3) is 0.936. The van der Waals surface area contributed by atoms with E-state index in [-0.39, 0.29) is 0 Å². The van der Waals surface area contributed by atoms with Gasteiger partial charge in [-0.25, -0.2) is 4.99 Å². The van der Waals surface area contributed by atoms with Gasteiger partial charge in [-0.15, -0.1) is 0 Å². The number of rotatable bonds is 0. The lowest BCUT2D eigenvalue weighted by atomic mass is 9.94. The number of nitrogens with zero attached hydrogens (tertiary/aromatic N) is 2. The van der Waals surface area contributed by atoms with Crippen LogP contribution in [0, 0.1) is 0 Å². The summed E-state index contributed by atoms with van der Waals surface area (Å²) in [5, 5.41) is 0. The second-order valence-corrected chi connectivity index (χ2v) is 4.23. The molecule has 2 nitrogen and oxygen atoms in total. The van der Waals surface area contributed by atoms with Crippen molar-refractivity contribution in [1.82, 2.24) is 4.90 Å². The highest BCUT2D eigenvalue weighted by Gasteiger charge is 2.28. The van der Waals surface area contributed by atoms with E-state index in [1.54, 1.807) is 0 Å². The molecular formula is C14H10N2. The Morgan fingerprint density at radius 1 is 1.19 bits per heavy atom. The fourth-order valence-electron chi connectivity index (χ4n) is 2.46. The summed E-state index contributed by atoms with van der Waals surface area (Å²) in [6.07, 6.45) is 8.54. The molecule has 3 aliphatic heterocycles. The second kappa shape index (κ2) is 2.73. The highest BCUT2D eigenvalue weighted by molar-refractivity contribution is 6.36. The third-order valence-corrected chi connectivity index (χ3v) is 3.21. The summed E-state index contributed by atoms with van der Waals surface area (Å²) in [5.74, 6) is 0. The van der Waals surface area contributed by atoms with Crippen LogP contribution in [0.2, 0.25) is 0 Å². The minimum absolute atomic E-state index is 0.951. The first-order chi connectivity index (χ1) is 7.92. The van der Waals surface area contributed by atoms with E-state index in [9.17, 15) is 0 Å². The maximum atomic E-state index is 4.71. The van der Waals surface area contributed by atoms with Crippen LogP contribution in [0.1, 0.15) is 5.56 Å². The van der Waals surface area contributed by atoms with Gasteiger partial charge in [-0.1, -0.05) is 24.3 Å². The van der Waals surface area contributed by atoms with Crippen LogP contribution >= 0.6 is 0 Å². The van der Waals surface area contributed by atoms with E-state index in [1.165, 1.54) is 16.7 Å². The highest BCUT2D eigenvalue weighted by Crippen LogP contribution is 2.39. The van der Waals surface area contributed by atoms with Crippen LogP contribution in [0.15, 0.2) is 59.4 Å². The monoisotopic (exact) mass is 206 g/mol. The van der Waals surface area contributed by atoms with Crippen molar-refractivity contribution < 1.29 is 0 Å². The lowest BCUT2D eigenvalue weighted by Crippen LogP contribution is -2.26. The van der Waals surface area contributed by atoms with Crippen molar-refractivity contribution in [3.63, 3.8) is 0 Å². The average Bonchev–Trinajstić information content (AvgIpc) is 2.69. The van der Waals surface area contributed by atoms with Crippen molar-refractivity contribution in [3.05, 3.63) is 60.0 Å². The molecule has 0 saturated carbocycles. The molecule has 0 radical (unpaired) electrons. The van der Waals surface area contributed by atoms with Crippen LogP contribution in [-0.2, 0) is 0 Å². The predicted molar refractivity (Wildman–Crippen MR) is 65.4 cm³/mol. The fraction of sp³-hybridized carbons (Fsp3) is 0.0714. The minimum Gasteiger partial charge on any atom is -0.349 e. The molecule has 0 atom stereocenters. The number of benzene rings is 1. The number of hydrogen-bond acceptors (Lipinski definition) is 2. The number of allylic oxidation sites excluding steroid dienone is 3. The van der Waals surface area contributed by atoms with E-state index in [4.69, 9.17) is 4.99 Å². The molecule has 0 saturated heterocycles. The van der Waals surface area contributed by atoms with E-state index in [0.717, 1.165) is 17.9 Å². The van der Waals surface area contributed by atoms with Crippen LogP contribution in [0.5, 0.6) is 0 Å². The molecular weight excluding hydrogens is 196 g/mol. The quantitative estimate of drug-likeness (QED) is 0.637. The van der Waals surface area contributed by atoms with E-state index in [0.29, 0.717) is 0 Å². The Kier molecular flexibility index (Phi) is 1.38. The summed E-state index contributed by atoms with van der Waals surface area (Å²) in [6.45, 7) is 0.951. The molecule has 76 valence electrons. The van der Waals surface area contributed by atoms with Gasteiger partial charge in [-0.05, 0) is 17.7 Å². The molecule has 0 aliphatic carbocycles. The molecule has 3 aliphatic rings. The lowest BCUT2D eigenvalue weighted by Gasteiger charge is -2.27. The van der Waals surface area contributed by atoms with Gasteiger partial charge in [-0.3, -0.25) is 0 Å². The number of hydrogen-bond donors (Lipinski definition) is 0. The Labute approximate surface area is 93.9 Å². The van der Waals surface area contributed by atoms with Crippen molar-refractivity contribution in [1.29, 1.82) is 0 Å². The van der Waals surface area contributed by atoms with Crippen LogP contribution in [-0.4, -0.2) is 17.2 Å². The molecule has 0 fully saturated rings. The maximum absolute atomic E-state index is 4.71. The van der Waals surface area contributed by atoms with Crippen LogP contribution in [0.3, 0.4) is 0 Å². The summed E-state index contributed by atoms with van der Waals surface area (Å²) in [7, 11) is 0. The first-order valence-electron chi connectivity index (χ1n) is 5.45. The van der Waals surface area contributed by atoms with Gasteiger partial charge in [0.05, 0.1) is 11.4 Å². The molecule has 0 spiro atoms. The normalized spacial score (nSPS) is 19.8. The Morgan fingerprint density at radius 3 is 3.12 bits per heavy atom. The fourth-order valence-corrected chi connectivity index (χ4v) is 2.46. The average molecular weight is 206 g/mol. The van der Waals surface area contributed by atoms with E-state index < -0.39 is 0 Å². The zero-order valence-corrected chi connectivity index (χ0v) is 8.72. The van der Waals surface area contributed by atoms with Crippen molar-refractivity contribution in [2.45, 2.75) is 0 Å². The minimum atomic E-state index is 0.951. The van der Waals surface area contributed by atoms with Gasteiger partial charge >= 0.3 is 0 Å². The SMILES string of the molecule is C1=CN2C=C3C(=Nc4ccccc43)C(=C1)C2. The zero-order chi connectivity index (χ0) is 10.5. The Hall–Kier alpha value is -2.09. The molecule has 2 bridgehead atoms. The molecule has 4 rings (SSSR count). The maximum Gasteiger partial charge on any atom is 0.0781 e. The lowest BCUT2D eigenvalue weighted by molar-refractivity contribution is 0.550. The van der Waals surface area contributed by atoms with Gasteiger partial charge in [0.15, 0.2) is 0 Å². The van der Waals surface area contributed by atoms with Crippen LogP contribution in [0.25, 0.3) is 5.57 Å². The number of fused-ring (bicyclic) bond motifs is 6. The Bertz CT molecular complexity index is 603. The molecule has 16 heavy (non-hydrogen) atoms. The molecule has 2 heteroatoms. The van der Waals surface area contributed by atoms with E-state index in [1.807, 2.05) is 6.07 Å². The predicted octanol–water partition coefficient (Wildman–Crippen LogP) is 2.88. The summed E-state index contributed by atoms with van der Waals surface area (Å²) in [5.41, 5.74) is 6.08. The highest BCUT2D eigenvalue weighted by atomic mass is 15.1. The number of para-hydroxylation sites is 1. The van der Waals surface area contributed by atoms with Gasteiger partial charge in [0, 0.05) is 30.1 Å². The summed E-state index contributed by atoms with van der Waals surface area (Å²) in [4.78, 5) is 6.93. The van der Waals surface area contributed by atoms with Crippen molar-refractivity contribution >= 4 is 17.0 Å². The summed E-state index contributed by atoms with van der Waals surface area (Å²) >= 11 is 0. The van der Waals surface area contributed by atoms with Crippen LogP contribution < -0.4 is 0 Å². The third-order valence-electron chi connectivity index (χ3n) is 3.21. The van der Waals surface area contributed by atoms with Gasteiger partial charge in [0.25, 0.3) is 0 Å². The van der Waals surface area contributed by atoms with Crippen molar-refractivity contribution in [3.8, 4) is 0 Å². The molecule has 0 N–H and O–H groups in total. The van der Waals surface area contributed by atoms with Gasteiger partial charge in [0.2, 0.25) is 0 Å². The molecule has 3 heterocycles. The molecule has 1 aromatic carbocycles. The van der Waals surface area contributed by atoms with Gasteiger partial charge < -0.3 is 4.90 Å². The smallest absolute Gasteiger partial charge is 0.0781 e. The Morgan fingerprint density at radius 2 is 2.12 bits per heavy atom. The second-order valence-electron chi connectivity index (χ2n) is 4.23. The standard InChI is InChI=1S/C14H10N2/c1-2-6-13-11(5-1)12-9-16-7-3-4-10(8-16)14(12)15-13/h1-7,9H,8H2. The molecule has 0 aromatic heterocycles. The summed E-state index contributed by atoms with van der Waals surface area (Å²) in [6, 6.07) is 8.33. The molecule has 0 amide bonds. The largest absolute Gasteiger partial charge is 0.349 e. The number of aliphatic imine (C=N–C) groups is 1. The van der Waals surface area contributed by atoms with Crippen LogP contribution in [0.4, 0.5) is 5.69 Å². The van der Waals surface area contributed by atoms with Crippen molar-refractivity contribution in [2.24, 2.45) is 4.99 Å². The van der Waals surface area contributed by atoms with Crippen molar-refractivity contribution in [2.75, 3.05) is 6.54 Å². The first-order valence-corrected chi connectivity index (χ1v) is 5.45.